The molecule has 28 heavy (non-hydrogen) atoms. The quantitative estimate of drug-likeness (QED) is 0.358. The van der Waals surface area contributed by atoms with Crippen LogP contribution in [0.5, 0.6) is 5.75 Å². The Hall–Kier alpha value is -3.06. The number of hydrogen-bond donors (Lipinski definition) is 0. The number of benzene rings is 2. The van der Waals surface area contributed by atoms with Crippen LogP contribution >= 0.6 is 11.8 Å². The Morgan fingerprint density at radius 1 is 1.11 bits per heavy atom. The van der Waals surface area contributed by atoms with E-state index in [2.05, 4.69) is 9.97 Å². The minimum Gasteiger partial charge on any atom is -0.497 e. The first-order valence-corrected chi connectivity index (χ1v) is 9.89. The molecule has 0 fully saturated rings. The third kappa shape index (κ3) is 3.53. The van der Waals surface area contributed by atoms with Crippen LogP contribution < -0.4 is 10.3 Å². The molecule has 0 unspecified atom stereocenters. The molecule has 0 N–H and O–H groups in total. The van der Waals surface area contributed by atoms with Gasteiger partial charge >= 0.3 is 0 Å². The number of fused-ring (bicyclic) bond motifs is 1. The lowest BCUT2D eigenvalue weighted by Crippen LogP contribution is -2.22. The van der Waals surface area contributed by atoms with Crippen LogP contribution in [0.4, 0.5) is 0 Å². The molecule has 0 aliphatic carbocycles. The molecule has 4 aromatic rings. The van der Waals surface area contributed by atoms with Gasteiger partial charge in [-0.1, -0.05) is 23.9 Å². The summed E-state index contributed by atoms with van der Waals surface area (Å²) in [6.07, 6.45) is 1.64. The van der Waals surface area contributed by atoms with Gasteiger partial charge in [0, 0.05) is 17.9 Å². The number of hydrogen-bond acceptors (Lipinski definition) is 6. The zero-order chi connectivity index (χ0) is 19.5. The lowest BCUT2D eigenvalue weighted by atomic mass is 10.2. The number of thioether (sulfide) groups is 1. The van der Waals surface area contributed by atoms with E-state index in [0.29, 0.717) is 34.2 Å². The summed E-state index contributed by atoms with van der Waals surface area (Å²) in [7, 11) is 1.63. The normalized spacial score (nSPS) is 11.1. The summed E-state index contributed by atoms with van der Waals surface area (Å²) in [5.74, 6) is 1.90. The van der Waals surface area contributed by atoms with Crippen LogP contribution in [0.3, 0.4) is 0 Å². The van der Waals surface area contributed by atoms with Crippen LogP contribution in [0.1, 0.15) is 12.6 Å². The second-order valence-electron chi connectivity index (χ2n) is 6.12. The van der Waals surface area contributed by atoms with E-state index >= 15 is 0 Å². The maximum Gasteiger partial charge on any atom is 0.262 e. The Morgan fingerprint density at radius 2 is 1.89 bits per heavy atom. The Kier molecular flexibility index (Phi) is 5.16. The number of para-hydroxylation sites is 1. The van der Waals surface area contributed by atoms with Gasteiger partial charge in [0.1, 0.15) is 12.0 Å². The SMILES string of the molecule is CCn1c(SCc2coc(-c3ccc(OC)cc3)n2)nc2ccccc2c1=O. The highest BCUT2D eigenvalue weighted by molar-refractivity contribution is 7.98. The second kappa shape index (κ2) is 7.90. The zero-order valence-electron chi connectivity index (χ0n) is 15.6. The van der Waals surface area contributed by atoms with Crippen molar-refractivity contribution in [2.75, 3.05) is 7.11 Å². The van der Waals surface area contributed by atoms with E-state index in [-0.39, 0.29) is 5.56 Å². The monoisotopic (exact) mass is 393 g/mol. The van der Waals surface area contributed by atoms with E-state index in [4.69, 9.17) is 9.15 Å². The van der Waals surface area contributed by atoms with Crippen molar-refractivity contribution in [1.82, 2.24) is 14.5 Å². The molecule has 0 aliphatic heterocycles. The largest absolute Gasteiger partial charge is 0.497 e. The van der Waals surface area contributed by atoms with Gasteiger partial charge in [-0.15, -0.1) is 0 Å². The predicted octanol–water partition coefficient (Wildman–Crippen LogP) is 4.37. The van der Waals surface area contributed by atoms with Crippen LogP contribution in [0.2, 0.25) is 0 Å². The molecule has 0 radical (unpaired) electrons. The molecule has 142 valence electrons. The predicted molar refractivity (Wildman–Crippen MR) is 110 cm³/mol. The Bertz CT molecular complexity index is 1170. The van der Waals surface area contributed by atoms with Gasteiger partial charge in [-0.05, 0) is 43.3 Å². The molecule has 2 aromatic heterocycles. The first-order chi connectivity index (χ1) is 13.7. The summed E-state index contributed by atoms with van der Waals surface area (Å²) in [6.45, 7) is 2.51. The van der Waals surface area contributed by atoms with Crippen LogP contribution in [0.25, 0.3) is 22.4 Å². The van der Waals surface area contributed by atoms with Crippen LogP contribution in [-0.4, -0.2) is 21.6 Å². The number of rotatable bonds is 6. The zero-order valence-corrected chi connectivity index (χ0v) is 16.4. The molecular formula is C21H19N3O3S. The van der Waals surface area contributed by atoms with Gasteiger partial charge in [0.2, 0.25) is 5.89 Å². The van der Waals surface area contributed by atoms with Gasteiger partial charge in [-0.3, -0.25) is 9.36 Å². The topological polar surface area (TPSA) is 70.2 Å². The van der Waals surface area contributed by atoms with Crippen LogP contribution in [0, 0.1) is 0 Å². The summed E-state index contributed by atoms with van der Waals surface area (Å²) in [5, 5.41) is 1.32. The fraction of sp³-hybridized carbons (Fsp3) is 0.190. The molecule has 2 heterocycles. The molecule has 4 rings (SSSR count). The minimum absolute atomic E-state index is 0.0188. The van der Waals surface area contributed by atoms with E-state index in [0.717, 1.165) is 17.0 Å². The third-order valence-corrected chi connectivity index (χ3v) is 5.39. The van der Waals surface area contributed by atoms with Crippen molar-refractivity contribution in [3.8, 4) is 17.2 Å². The smallest absolute Gasteiger partial charge is 0.262 e. The number of ether oxygens (including phenoxy) is 1. The summed E-state index contributed by atoms with van der Waals surface area (Å²) in [4.78, 5) is 21.9. The Labute approximate surface area is 166 Å². The van der Waals surface area contributed by atoms with Crippen LogP contribution in [-0.2, 0) is 12.3 Å². The van der Waals surface area contributed by atoms with Crippen molar-refractivity contribution in [2.24, 2.45) is 0 Å². The summed E-state index contributed by atoms with van der Waals surface area (Å²) < 4.78 is 12.5. The van der Waals surface area contributed by atoms with Crippen molar-refractivity contribution in [3.63, 3.8) is 0 Å². The number of oxazole rings is 1. The molecule has 0 bridgehead atoms. The fourth-order valence-electron chi connectivity index (χ4n) is 2.91. The van der Waals surface area contributed by atoms with Crippen molar-refractivity contribution in [3.05, 3.63) is 70.8 Å². The van der Waals surface area contributed by atoms with E-state index in [1.807, 2.05) is 55.5 Å². The van der Waals surface area contributed by atoms with E-state index in [1.165, 1.54) is 11.8 Å². The summed E-state index contributed by atoms with van der Waals surface area (Å²) in [6, 6.07) is 15.0. The minimum atomic E-state index is -0.0188. The van der Waals surface area contributed by atoms with Gasteiger partial charge < -0.3 is 9.15 Å². The van der Waals surface area contributed by atoms with E-state index < -0.39 is 0 Å². The average molecular weight is 393 g/mol. The molecule has 6 nitrogen and oxygen atoms in total. The maximum atomic E-state index is 12.7. The summed E-state index contributed by atoms with van der Waals surface area (Å²) >= 11 is 1.48. The first kappa shape index (κ1) is 18.3. The molecule has 0 amide bonds. The van der Waals surface area contributed by atoms with E-state index in [9.17, 15) is 4.79 Å². The van der Waals surface area contributed by atoms with Gasteiger partial charge in [0.25, 0.3) is 5.56 Å². The van der Waals surface area contributed by atoms with E-state index in [1.54, 1.807) is 17.9 Å². The maximum absolute atomic E-state index is 12.7. The lowest BCUT2D eigenvalue weighted by Gasteiger charge is -2.10. The Morgan fingerprint density at radius 3 is 2.64 bits per heavy atom. The average Bonchev–Trinajstić information content (AvgIpc) is 3.21. The standard InChI is InChI=1S/C21H19N3O3S/c1-3-24-20(25)17-6-4-5-7-18(17)23-21(24)28-13-15-12-27-19(22-15)14-8-10-16(26-2)11-9-14/h4-12H,3,13H2,1-2H3. The number of aromatic nitrogens is 3. The molecule has 0 aliphatic rings. The third-order valence-electron chi connectivity index (χ3n) is 4.38. The van der Waals surface area contributed by atoms with Crippen molar-refractivity contribution in [2.45, 2.75) is 24.4 Å². The van der Waals surface area contributed by atoms with Crippen molar-refractivity contribution >= 4 is 22.7 Å². The highest BCUT2D eigenvalue weighted by atomic mass is 32.2. The number of methoxy groups -OCH3 is 1. The molecule has 2 aromatic carbocycles. The van der Waals surface area contributed by atoms with Gasteiger partial charge in [-0.2, -0.15) is 0 Å². The van der Waals surface area contributed by atoms with Crippen molar-refractivity contribution < 1.29 is 9.15 Å². The molecule has 0 atom stereocenters. The number of nitrogens with zero attached hydrogens (tertiary/aromatic N) is 3. The first-order valence-electron chi connectivity index (χ1n) is 8.91. The molecule has 0 saturated heterocycles. The van der Waals surface area contributed by atoms with Gasteiger partial charge in [-0.25, -0.2) is 9.97 Å². The fourth-order valence-corrected chi connectivity index (χ4v) is 3.85. The lowest BCUT2D eigenvalue weighted by molar-refractivity contribution is 0.415. The molecule has 0 saturated carbocycles. The molecule has 0 spiro atoms. The molecular weight excluding hydrogens is 374 g/mol. The highest BCUT2D eigenvalue weighted by Crippen LogP contribution is 2.25. The van der Waals surface area contributed by atoms with Crippen LogP contribution in [0.15, 0.2) is 69.2 Å². The van der Waals surface area contributed by atoms with Crippen molar-refractivity contribution in [1.29, 1.82) is 0 Å². The van der Waals surface area contributed by atoms with Gasteiger partial charge in [0.15, 0.2) is 5.16 Å². The highest BCUT2D eigenvalue weighted by Gasteiger charge is 2.12. The van der Waals surface area contributed by atoms with Gasteiger partial charge in [0.05, 0.1) is 23.7 Å². The molecule has 7 heteroatoms. The Balaban J connectivity index is 1.56. The summed E-state index contributed by atoms with van der Waals surface area (Å²) in [5.41, 5.74) is 2.36. The second-order valence-corrected chi connectivity index (χ2v) is 7.06.